The predicted molar refractivity (Wildman–Crippen MR) is 256 cm³/mol. The number of hydrogen-bond donors (Lipinski definition) is 3. The number of benzene rings is 5. The number of carbonyl (C=O) groups excluding carboxylic acids is 4. The van der Waals surface area contributed by atoms with E-state index in [4.69, 9.17) is 23.9 Å². The molecular formula is C55H51N5O9. The van der Waals surface area contributed by atoms with Gasteiger partial charge in [0, 0.05) is 18.2 Å². The summed E-state index contributed by atoms with van der Waals surface area (Å²) in [6, 6.07) is 35.2. The molecule has 3 amide bonds. The van der Waals surface area contributed by atoms with Crippen LogP contribution in [0, 0.1) is 17.8 Å². The zero-order valence-electron chi connectivity index (χ0n) is 38.0. The SMILES string of the molecule is COCCOC(=O)N1C(=O)[C@@]2(c3cc(C#CC4=CCCCC4)ccc31)[C@H](c1ccccc1OCCO)N1[C@H](c3ccccc3)[C@H](c3ccccc3)OC(=O)[C@H]1[C@@H]2C(=O)NCc1nc2ccccc2[nH]1. The lowest BCUT2D eigenvalue weighted by Gasteiger charge is -2.46. The second-order valence-corrected chi connectivity index (χ2v) is 17.5. The van der Waals surface area contributed by atoms with Crippen LogP contribution in [0.25, 0.3) is 11.0 Å². The van der Waals surface area contributed by atoms with E-state index >= 15 is 14.4 Å². The Labute approximate surface area is 399 Å². The van der Waals surface area contributed by atoms with Crippen molar-refractivity contribution < 1.29 is 43.2 Å². The van der Waals surface area contributed by atoms with Crippen LogP contribution in [-0.2, 0) is 40.6 Å². The third-order valence-electron chi connectivity index (χ3n) is 13.5. The number of imide groups is 1. The number of aliphatic hydroxyl groups excluding tert-OH is 1. The van der Waals surface area contributed by atoms with Gasteiger partial charge in [-0.3, -0.25) is 19.3 Å². The number of fused-ring (bicyclic) bond motifs is 4. The molecule has 3 aliphatic heterocycles. The number of H-pyrrole nitrogens is 1. The molecule has 69 heavy (non-hydrogen) atoms. The Bertz CT molecular complexity index is 2970. The molecule has 3 N–H and O–H groups in total. The first kappa shape index (κ1) is 45.2. The number of anilines is 1. The molecule has 14 nitrogen and oxygen atoms in total. The quantitative estimate of drug-likeness (QED) is 0.0629. The van der Waals surface area contributed by atoms with Gasteiger partial charge in [-0.2, -0.15) is 0 Å². The highest BCUT2D eigenvalue weighted by Crippen LogP contribution is 2.66. The van der Waals surface area contributed by atoms with E-state index in [0.29, 0.717) is 33.8 Å². The number of amides is 3. The number of ether oxygens (including phenoxy) is 4. The first-order valence-electron chi connectivity index (χ1n) is 23.3. The Hall–Kier alpha value is -7.57. The molecule has 6 atom stereocenters. The number of hydrogen-bond acceptors (Lipinski definition) is 11. The van der Waals surface area contributed by atoms with Gasteiger partial charge in [-0.1, -0.05) is 109 Å². The van der Waals surface area contributed by atoms with Gasteiger partial charge in [0.2, 0.25) is 11.8 Å². The van der Waals surface area contributed by atoms with Crippen LogP contribution in [0.15, 0.2) is 139 Å². The Kier molecular flexibility index (Phi) is 12.8. The van der Waals surface area contributed by atoms with Gasteiger partial charge >= 0.3 is 12.1 Å². The zero-order valence-corrected chi connectivity index (χ0v) is 38.0. The Morgan fingerprint density at radius 3 is 2.38 bits per heavy atom. The van der Waals surface area contributed by atoms with Crippen LogP contribution in [0.4, 0.5) is 10.5 Å². The lowest BCUT2D eigenvalue weighted by molar-refractivity contribution is -0.178. The topological polar surface area (TPSA) is 173 Å². The molecule has 4 aliphatic rings. The standard InChI is InChI=1S/C55H51N5O9/c1-66-31-32-68-54(65)59-43-28-27-36(26-25-35-15-5-2-6-16-35)33-40(43)55(53(59)64)46(51(62)56-34-45-57-41-22-12-13-23-42(41)58-45)48-52(63)69-49(38-19-9-4-10-20-38)47(37-17-7-3-8-18-37)60(48)50(55)39-21-11-14-24-44(39)67-30-29-61/h3-4,7-15,17-24,27-28,33,46-50,61H,2,5-6,16,29-32,34H2,1H3,(H,56,62)(H,57,58)/t46-,47-,48-,49+,50+,55-/m1/s1. The number of imidazole rings is 1. The zero-order chi connectivity index (χ0) is 47.5. The summed E-state index contributed by atoms with van der Waals surface area (Å²) in [5.74, 6) is 3.65. The van der Waals surface area contributed by atoms with Crippen molar-refractivity contribution in [3.05, 3.63) is 173 Å². The van der Waals surface area contributed by atoms with E-state index in [1.807, 2.05) is 89.8 Å². The van der Waals surface area contributed by atoms with Crippen molar-refractivity contribution in [3.63, 3.8) is 0 Å². The summed E-state index contributed by atoms with van der Waals surface area (Å²) in [4.78, 5) is 73.4. The van der Waals surface area contributed by atoms with Gasteiger partial charge in [-0.15, -0.1) is 0 Å². The van der Waals surface area contributed by atoms with E-state index in [1.54, 1.807) is 42.5 Å². The number of aromatic amines is 1. The van der Waals surface area contributed by atoms with Crippen molar-refractivity contribution in [3.8, 4) is 17.6 Å². The van der Waals surface area contributed by atoms with Crippen LogP contribution in [-0.4, -0.2) is 83.4 Å². The van der Waals surface area contributed by atoms with Crippen LogP contribution in [0.2, 0.25) is 0 Å². The summed E-state index contributed by atoms with van der Waals surface area (Å²) < 4.78 is 23.9. The van der Waals surface area contributed by atoms with Crippen molar-refractivity contribution in [2.75, 3.05) is 38.4 Å². The van der Waals surface area contributed by atoms with E-state index < -0.39 is 59.4 Å². The molecule has 4 heterocycles. The lowest BCUT2D eigenvalue weighted by Crippen LogP contribution is -2.55. The fourth-order valence-electron chi connectivity index (χ4n) is 10.7. The van der Waals surface area contributed by atoms with Crippen LogP contribution in [0.1, 0.15) is 77.5 Å². The number of esters is 1. The van der Waals surface area contributed by atoms with Crippen LogP contribution in [0.3, 0.4) is 0 Å². The largest absolute Gasteiger partial charge is 0.491 e. The van der Waals surface area contributed by atoms with Gasteiger partial charge in [0.1, 0.15) is 42.3 Å². The molecule has 1 spiro atoms. The number of allylic oxidation sites excluding steroid dienone is 2. The molecule has 0 unspecified atom stereocenters. The number of cyclic esters (lactones) is 1. The number of aliphatic hydroxyl groups is 1. The van der Waals surface area contributed by atoms with E-state index in [-0.39, 0.29) is 44.2 Å². The second-order valence-electron chi connectivity index (χ2n) is 17.5. The van der Waals surface area contributed by atoms with Crippen molar-refractivity contribution in [1.29, 1.82) is 0 Å². The molecule has 2 saturated heterocycles. The Balaban J connectivity index is 1.26. The summed E-state index contributed by atoms with van der Waals surface area (Å²) in [5.41, 5.74) is 3.22. The average Bonchev–Trinajstić information content (AvgIpc) is 4.03. The maximum Gasteiger partial charge on any atom is 0.421 e. The number of para-hydroxylation sites is 3. The van der Waals surface area contributed by atoms with E-state index in [9.17, 15) is 9.90 Å². The van der Waals surface area contributed by atoms with Crippen molar-refractivity contribution >= 4 is 40.6 Å². The first-order chi connectivity index (χ1) is 33.8. The van der Waals surface area contributed by atoms with Gasteiger partial charge in [0.05, 0.1) is 54.5 Å². The predicted octanol–water partition coefficient (Wildman–Crippen LogP) is 7.55. The van der Waals surface area contributed by atoms with E-state index in [1.165, 1.54) is 7.11 Å². The number of rotatable bonds is 12. The third-order valence-corrected chi connectivity index (χ3v) is 13.5. The van der Waals surface area contributed by atoms with Gasteiger partial charge in [-0.05, 0) is 84.3 Å². The normalized spacial score (nSPS) is 22.8. The molecule has 0 radical (unpaired) electrons. The van der Waals surface area contributed by atoms with Gasteiger partial charge < -0.3 is 34.4 Å². The molecule has 0 saturated carbocycles. The second kappa shape index (κ2) is 19.6. The minimum absolute atomic E-state index is 0.0580. The minimum Gasteiger partial charge on any atom is -0.491 e. The molecule has 5 aromatic carbocycles. The van der Waals surface area contributed by atoms with Gasteiger partial charge in [0.25, 0.3) is 0 Å². The first-order valence-corrected chi connectivity index (χ1v) is 23.3. The maximum atomic E-state index is 16.5. The monoisotopic (exact) mass is 925 g/mol. The van der Waals surface area contributed by atoms with Crippen LogP contribution in [0.5, 0.6) is 5.75 Å². The van der Waals surface area contributed by atoms with Crippen molar-refractivity contribution in [1.82, 2.24) is 20.2 Å². The number of nitrogens with one attached hydrogen (secondary N) is 2. The number of morpholine rings is 1. The maximum absolute atomic E-state index is 16.5. The fraction of sp³-hybridized carbons (Fsp3) is 0.291. The van der Waals surface area contributed by atoms with Crippen LogP contribution >= 0.6 is 0 Å². The van der Waals surface area contributed by atoms with Gasteiger partial charge in [0.15, 0.2) is 0 Å². The summed E-state index contributed by atoms with van der Waals surface area (Å²) >= 11 is 0. The smallest absolute Gasteiger partial charge is 0.421 e. The summed E-state index contributed by atoms with van der Waals surface area (Å²) in [6.07, 6.45) is 4.09. The molecule has 350 valence electrons. The third kappa shape index (κ3) is 8.22. The highest BCUT2D eigenvalue weighted by Gasteiger charge is 2.76. The minimum atomic E-state index is -2.09. The molecule has 14 heteroatoms. The van der Waals surface area contributed by atoms with Gasteiger partial charge in [-0.25, -0.2) is 14.7 Å². The summed E-state index contributed by atoms with van der Waals surface area (Å²) in [6.45, 7) is -0.626. The molecule has 1 aliphatic carbocycles. The lowest BCUT2D eigenvalue weighted by atomic mass is 9.65. The highest BCUT2D eigenvalue weighted by atomic mass is 16.6. The highest BCUT2D eigenvalue weighted by molar-refractivity contribution is 6.23. The average molecular weight is 926 g/mol. The Morgan fingerprint density at radius 1 is 0.870 bits per heavy atom. The number of aromatic nitrogens is 2. The molecular weight excluding hydrogens is 875 g/mol. The van der Waals surface area contributed by atoms with E-state index in [2.05, 4.69) is 28.2 Å². The Morgan fingerprint density at radius 2 is 1.62 bits per heavy atom. The summed E-state index contributed by atoms with van der Waals surface area (Å²) in [5, 5.41) is 13.2. The van der Waals surface area contributed by atoms with Crippen molar-refractivity contribution in [2.45, 2.75) is 61.9 Å². The van der Waals surface area contributed by atoms with Crippen molar-refractivity contribution in [2.24, 2.45) is 5.92 Å². The number of carbonyl (C=O) groups is 4. The molecule has 10 rings (SSSR count). The summed E-state index contributed by atoms with van der Waals surface area (Å²) in [7, 11) is 1.47. The number of methoxy groups -OCH3 is 1. The fourth-order valence-corrected chi connectivity index (χ4v) is 10.7. The molecule has 1 aromatic heterocycles. The van der Waals surface area contributed by atoms with E-state index in [0.717, 1.165) is 47.2 Å². The molecule has 6 aromatic rings. The molecule has 2 fully saturated rings. The molecule has 0 bridgehead atoms. The number of nitrogens with zero attached hydrogens (tertiary/aromatic N) is 3. The van der Waals surface area contributed by atoms with Crippen LogP contribution < -0.4 is 15.0 Å².